The number of anilines is 1. The fourth-order valence-corrected chi connectivity index (χ4v) is 5.23. The van der Waals surface area contributed by atoms with Crippen LogP contribution in [0.5, 0.6) is 17.2 Å². The van der Waals surface area contributed by atoms with Crippen molar-refractivity contribution in [2.45, 2.75) is 6.61 Å². The number of thioether (sulfide) groups is 1. The molecule has 39 heavy (non-hydrogen) atoms. The van der Waals surface area contributed by atoms with Crippen molar-refractivity contribution in [1.29, 1.82) is 0 Å². The Hall–Kier alpha value is -4.76. The SMILES string of the molecule is O=C(CN1C(=O)S/C(=C\c2ccccc2OCc2cccc3ccccc23)C1=O)Nc1ccc2c(c1)OCO2. The molecule has 1 fully saturated rings. The Morgan fingerprint density at radius 3 is 2.67 bits per heavy atom. The predicted molar refractivity (Wildman–Crippen MR) is 149 cm³/mol. The standard InChI is InChI=1S/C30H22N2O6S/c33-28(31-22-12-13-25-26(15-22)38-18-37-25)16-32-29(34)27(39-30(32)35)14-20-7-2-4-11-24(20)36-17-21-9-5-8-19-6-1-3-10-23(19)21/h1-15H,16-18H2,(H,31,33)/b27-14-. The van der Waals surface area contributed by atoms with Gasteiger partial charge in [-0.15, -0.1) is 0 Å². The quantitative estimate of drug-likeness (QED) is 0.296. The first-order valence-corrected chi connectivity index (χ1v) is 13.0. The van der Waals surface area contributed by atoms with Gasteiger partial charge in [-0.25, -0.2) is 0 Å². The van der Waals surface area contributed by atoms with Crippen LogP contribution in [0, 0.1) is 0 Å². The topological polar surface area (TPSA) is 94.2 Å². The van der Waals surface area contributed by atoms with Crippen molar-refractivity contribution in [2.75, 3.05) is 18.7 Å². The summed E-state index contributed by atoms with van der Waals surface area (Å²) in [7, 11) is 0. The molecule has 0 radical (unpaired) electrons. The third kappa shape index (κ3) is 5.17. The molecule has 0 aromatic heterocycles. The van der Waals surface area contributed by atoms with Crippen LogP contribution in [0.4, 0.5) is 10.5 Å². The lowest BCUT2D eigenvalue weighted by molar-refractivity contribution is -0.127. The summed E-state index contributed by atoms with van der Waals surface area (Å²) in [5, 5.41) is 4.41. The highest BCUT2D eigenvalue weighted by atomic mass is 32.2. The molecule has 2 aliphatic heterocycles. The number of imide groups is 1. The Bertz CT molecular complexity index is 1640. The highest BCUT2D eigenvalue weighted by molar-refractivity contribution is 8.18. The lowest BCUT2D eigenvalue weighted by Crippen LogP contribution is -2.36. The number of hydrogen-bond acceptors (Lipinski definition) is 7. The normalized spacial score (nSPS) is 15.3. The number of rotatable bonds is 7. The zero-order chi connectivity index (χ0) is 26.8. The number of nitrogens with one attached hydrogen (secondary N) is 1. The number of nitrogens with zero attached hydrogens (tertiary/aromatic N) is 1. The second kappa shape index (κ2) is 10.5. The molecule has 4 aromatic carbocycles. The van der Waals surface area contributed by atoms with E-state index in [-0.39, 0.29) is 11.7 Å². The van der Waals surface area contributed by atoms with Crippen molar-refractivity contribution in [3.63, 3.8) is 0 Å². The monoisotopic (exact) mass is 538 g/mol. The van der Waals surface area contributed by atoms with Gasteiger partial charge in [0.15, 0.2) is 11.5 Å². The van der Waals surface area contributed by atoms with Gasteiger partial charge in [0, 0.05) is 17.3 Å². The van der Waals surface area contributed by atoms with Crippen LogP contribution in [0.15, 0.2) is 89.8 Å². The van der Waals surface area contributed by atoms with Gasteiger partial charge in [0.2, 0.25) is 12.7 Å². The summed E-state index contributed by atoms with van der Waals surface area (Å²) in [6, 6.07) is 26.5. The Balaban J connectivity index is 1.14. The van der Waals surface area contributed by atoms with Crippen molar-refractivity contribution >= 4 is 51.4 Å². The molecule has 1 N–H and O–H groups in total. The van der Waals surface area contributed by atoms with E-state index in [2.05, 4.69) is 23.5 Å². The molecule has 9 heteroatoms. The highest BCUT2D eigenvalue weighted by Crippen LogP contribution is 2.36. The molecule has 2 heterocycles. The van der Waals surface area contributed by atoms with Crippen molar-refractivity contribution < 1.29 is 28.6 Å². The molecule has 6 rings (SSSR count). The molecule has 1 saturated heterocycles. The van der Waals surface area contributed by atoms with Crippen LogP contribution in [-0.4, -0.2) is 35.3 Å². The van der Waals surface area contributed by atoms with E-state index < -0.39 is 23.6 Å². The minimum atomic E-state index is -0.533. The van der Waals surface area contributed by atoms with Crippen LogP contribution in [0.25, 0.3) is 16.8 Å². The van der Waals surface area contributed by atoms with Crippen LogP contribution in [0.3, 0.4) is 0 Å². The van der Waals surface area contributed by atoms with Crippen molar-refractivity contribution in [3.05, 3.63) is 101 Å². The number of carbonyl (C=O) groups excluding carboxylic acids is 3. The summed E-state index contributed by atoms with van der Waals surface area (Å²) < 4.78 is 16.7. The predicted octanol–water partition coefficient (Wildman–Crippen LogP) is 5.82. The van der Waals surface area contributed by atoms with E-state index in [1.807, 2.05) is 48.5 Å². The van der Waals surface area contributed by atoms with E-state index in [1.165, 1.54) is 0 Å². The number of carbonyl (C=O) groups is 3. The third-order valence-electron chi connectivity index (χ3n) is 6.30. The molecule has 0 aliphatic carbocycles. The maximum absolute atomic E-state index is 13.1. The minimum absolute atomic E-state index is 0.118. The Labute approximate surface area is 228 Å². The van der Waals surface area contributed by atoms with Gasteiger partial charge in [0.25, 0.3) is 11.1 Å². The van der Waals surface area contributed by atoms with Crippen molar-refractivity contribution in [2.24, 2.45) is 0 Å². The zero-order valence-electron chi connectivity index (χ0n) is 20.6. The molecule has 0 spiro atoms. The third-order valence-corrected chi connectivity index (χ3v) is 7.21. The number of amides is 3. The van der Waals surface area contributed by atoms with Crippen molar-refractivity contribution in [3.8, 4) is 17.2 Å². The second-order valence-corrected chi connectivity index (χ2v) is 9.84. The molecule has 8 nitrogen and oxygen atoms in total. The number of ether oxygens (including phenoxy) is 3. The van der Waals surface area contributed by atoms with E-state index in [0.29, 0.717) is 35.1 Å². The molecule has 4 aromatic rings. The average molecular weight is 539 g/mol. The van der Waals surface area contributed by atoms with Gasteiger partial charge in [-0.2, -0.15) is 0 Å². The largest absolute Gasteiger partial charge is 0.488 e. The zero-order valence-corrected chi connectivity index (χ0v) is 21.4. The van der Waals surface area contributed by atoms with Gasteiger partial charge in [-0.1, -0.05) is 60.7 Å². The summed E-state index contributed by atoms with van der Waals surface area (Å²) in [5.74, 6) is 0.650. The van der Waals surface area contributed by atoms with E-state index in [4.69, 9.17) is 14.2 Å². The Kier molecular flexibility index (Phi) is 6.64. The molecule has 0 atom stereocenters. The molecule has 0 bridgehead atoms. The number of benzene rings is 4. The van der Waals surface area contributed by atoms with Gasteiger partial charge < -0.3 is 19.5 Å². The molecule has 0 unspecified atom stereocenters. The van der Waals surface area contributed by atoms with Gasteiger partial charge >= 0.3 is 0 Å². The molecular formula is C30H22N2O6S. The molecule has 3 amide bonds. The van der Waals surface area contributed by atoms with E-state index in [0.717, 1.165) is 33.0 Å². The molecular weight excluding hydrogens is 516 g/mol. The minimum Gasteiger partial charge on any atom is -0.488 e. The van der Waals surface area contributed by atoms with Crippen molar-refractivity contribution in [1.82, 2.24) is 4.90 Å². The van der Waals surface area contributed by atoms with Gasteiger partial charge in [0.1, 0.15) is 18.9 Å². The van der Waals surface area contributed by atoms with E-state index >= 15 is 0 Å². The summed E-state index contributed by atoms with van der Waals surface area (Å²) in [5.41, 5.74) is 2.17. The number of hydrogen-bond donors (Lipinski definition) is 1. The van der Waals surface area contributed by atoms with E-state index in [1.54, 1.807) is 24.3 Å². The smallest absolute Gasteiger partial charge is 0.294 e. The second-order valence-electron chi connectivity index (χ2n) is 8.85. The first-order chi connectivity index (χ1) is 19.0. The van der Waals surface area contributed by atoms with Crippen LogP contribution in [-0.2, 0) is 16.2 Å². The van der Waals surface area contributed by atoms with Gasteiger partial charge in [0.05, 0.1) is 4.91 Å². The van der Waals surface area contributed by atoms with Crippen LogP contribution >= 0.6 is 11.8 Å². The lowest BCUT2D eigenvalue weighted by atomic mass is 10.1. The maximum Gasteiger partial charge on any atom is 0.294 e. The van der Waals surface area contributed by atoms with Crippen LogP contribution < -0.4 is 19.5 Å². The fraction of sp³-hybridized carbons (Fsp3) is 0.100. The first-order valence-electron chi connectivity index (χ1n) is 12.2. The van der Waals surface area contributed by atoms with Gasteiger partial charge in [-0.05, 0) is 52.4 Å². The van der Waals surface area contributed by atoms with E-state index in [9.17, 15) is 14.4 Å². The summed E-state index contributed by atoms with van der Waals surface area (Å²) >= 11 is 0.793. The van der Waals surface area contributed by atoms with Crippen LogP contribution in [0.1, 0.15) is 11.1 Å². The summed E-state index contributed by atoms with van der Waals surface area (Å²) in [4.78, 5) is 39.4. The summed E-state index contributed by atoms with van der Waals surface area (Å²) in [6.45, 7) is 0.0522. The first kappa shape index (κ1) is 24.6. The van der Waals surface area contributed by atoms with Crippen LogP contribution in [0.2, 0.25) is 0 Å². The average Bonchev–Trinajstić information content (AvgIpc) is 3.52. The number of para-hydroxylation sites is 1. The lowest BCUT2D eigenvalue weighted by Gasteiger charge is -2.13. The number of fused-ring (bicyclic) bond motifs is 2. The summed E-state index contributed by atoms with van der Waals surface area (Å²) in [6.07, 6.45) is 1.62. The Morgan fingerprint density at radius 2 is 1.74 bits per heavy atom. The fourth-order valence-electron chi connectivity index (χ4n) is 4.40. The molecule has 194 valence electrons. The molecule has 2 aliphatic rings. The Morgan fingerprint density at radius 1 is 0.949 bits per heavy atom. The van der Waals surface area contributed by atoms with Gasteiger partial charge in [-0.3, -0.25) is 19.3 Å². The maximum atomic E-state index is 13.1. The molecule has 0 saturated carbocycles. The highest BCUT2D eigenvalue weighted by Gasteiger charge is 2.36.